The third-order valence-corrected chi connectivity index (χ3v) is 14.7. The van der Waals surface area contributed by atoms with Crippen molar-refractivity contribution in [1.29, 1.82) is 0 Å². The van der Waals surface area contributed by atoms with Crippen LogP contribution in [0.15, 0.2) is 200 Å². The van der Waals surface area contributed by atoms with E-state index in [4.69, 9.17) is 28.7 Å². The van der Waals surface area contributed by atoms with Crippen molar-refractivity contribution in [2.24, 2.45) is 0 Å². The lowest BCUT2D eigenvalue weighted by atomic mass is 9.94. The second kappa shape index (κ2) is 15.3. The van der Waals surface area contributed by atoms with Crippen LogP contribution in [0.3, 0.4) is 0 Å². The summed E-state index contributed by atoms with van der Waals surface area (Å²) in [6.45, 7) is 0. The van der Waals surface area contributed by atoms with Gasteiger partial charge in [0.25, 0.3) is 0 Å². The molecular formula is C52H33N6OPS. The summed E-state index contributed by atoms with van der Waals surface area (Å²) in [4.78, 5) is 20.2. The standard InChI is InChI=1S/C52H33N6OPS/c59-60(39-19-9-3-10-20-39,40-21-11-4-12-22-40)41-31-29-38(30-32-41)52-55-50(36-17-7-2-8-18-36)54-51(56-52)37-27-25-34(26-28-37)43-33-44-46(49-48(43)57-61-58-49)42-23-13-14-24-45(42)53-47(44)35-15-5-1-6-16-35/h1-33H. The van der Waals surface area contributed by atoms with Crippen LogP contribution in [0.2, 0.25) is 0 Å². The summed E-state index contributed by atoms with van der Waals surface area (Å²) in [7, 11) is -3.15. The number of pyridine rings is 1. The molecule has 0 bridgehead atoms. The molecule has 9 heteroatoms. The van der Waals surface area contributed by atoms with Gasteiger partial charge in [0.2, 0.25) is 0 Å². The van der Waals surface area contributed by atoms with Gasteiger partial charge in [-0.3, -0.25) is 0 Å². The summed E-state index contributed by atoms with van der Waals surface area (Å²) in [6, 6.07) is 66.2. The third-order valence-electron chi connectivity index (χ3n) is 11.1. The highest BCUT2D eigenvalue weighted by molar-refractivity contribution is 7.85. The smallest absolute Gasteiger partial charge is 0.171 e. The molecule has 0 aliphatic heterocycles. The number of fused-ring (bicyclic) bond motifs is 5. The monoisotopic (exact) mass is 820 g/mol. The number of hydrogen-bond donors (Lipinski definition) is 0. The van der Waals surface area contributed by atoms with Crippen LogP contribution in [-0.2, 0) is 4.57 Å². The average molecular weight is 821 g/mol. The highest BCUT2D eigenvalue weighted by Crippen LogP contribution is 2.43. The maximum atomic E-state index is 15.1. The SMILES string of the molecule is O=P(c1ccccc1)(c1ccccc1)c1ccc(-c2nc(-c3ccccc3)nc(-c3ccc(-c4cc5c(-c6ccccc6)nc6ccccc6c5c5nsnc45)cc3)n2)cc1. The molecule has 7 nitrogen and oxygen atoms in total. The normalized spacial score (nSPS) is 11.7. The van der Waals surface area contributed by atoms with Gasteiger partial charge in [0.1, 0.15) is 11.0 Å². The van der Waals surface area contributed by atoms with E-state index in [2.05, 4.69) is 54.6 Å². The number of hydrogen-bond acceptors (Lipinski definition) is 8. The van der Waals surface area contributed by atoms with Crippen LogP contribution >= 0.6 is 18.9 Å². The van der Waals surface area contributed by atoms with E-state index >= 15 is 4.57 Å². The van der Waals surface area contributed by atoms with Crippen molar-refractivity contribution in [3.63, 3.8) is 0 Å². The van der Waals surface area contributed by atoms with Gasteiger partial charge in [-0.25, -0.2) is 19.9 Å². The fourth-order valence-corrected chi connectivity index (χ4v) is 11.3. The molecule has 0 aliphatic rings. The summed E-state index contributed by atoms with van der Waals surface area (Å²) in [5.41, 5.74) is 9.05. The Morgan fingerprint density at radius 3 is 1.41 bits per heavy atom. The largest absolute Gasteiger partial charge is 0.309 e. The van der Waals surface area contributed by atoms with Gasteiger partial charge in [-0.05, 0) is 17.7 Å². The minimum atomic E-state index is -3.15. The van der Waals surface area contributed by atoms with Crippen LogP contribution in [0.1, 0.15) is 0 Å². The number of benzene rings is 8. The highest BCUT2D eigenvalue weighted by Gasteiger charge is 2.29. The molecule has 0 aliphatic carbocycles. The van der Waals surface area contributed by atoms with Crippen molar-refractivity contribution in [2.75, 3.05) is 0 Å². The van der Waals surface area contributed by atoms with Crippen LogP contribution in [0.5, 0.6) is 0 Å². The Bertz CT molecular complexity index is 3380. The summed E-state index contributed by atoms with van der Waals surface area (Å²) in [5.74, 6) is 1.62. The Kier molecular flexibility index (Phi) is 9.15. The van der Waals surface area contributed by atoms with Crippen molar-refractivity contribution < 1.29 is 4.57 Å². The molecule has 8 aromatic carbocycles. The Labute approximate surface area is 355 Å². The molecule has 61 heavy (non-hydrogen) atoms. The van der Waals surface area contributed by atoms with Crippen LogP contribution in [-0.4, -0.2) is 28.7 Å². The Balaban J connectivity index is 1.01. The Morgan fingerprint density at radius 1 is 0.377 bits per heavy atom. The van der Waals surface area contributed by atoms with Gasteiger partial charge in [-0.1, -0.05) is 188 Å². The molecular weight excluding hydrogens is 788 g/mol. The van der Waals surface area contributed by atoms with Gasteiger partial charge >= 0.3 is 0 Å². The Morgan fingerprint density at radius 2 is 0.820 bits per heavy atom. The van der Waals surface area contributed by atoms with Gasteiger partial charge < -0.3 is 4.57 Å². The lowest BCUT2D eigenvalue weighted by Gasteiger charge is -2.20. The van der Waals surface area contributed by atoms with E-state index in [0.29, 0.717) is 17.5 Å². The zero-order chi connectivity index (χ0) is 40.8. The topological polar surface area (TPSA) is 94.4 Å². The molecule has 3 heterocycles. The first-order chi connectivity index (χ1) is 30.1. The molecule has 0 saturated carbocycles. The zero-order valence-corrected chi connectivity index (χ0v) is 34.2. The molecule has 0 saturated heterocycles. The first kappa shape index (κ1) is 36.6. The summed E-state index contributed by atoms with van der Waals surface area (Å²) >= 11 is 1.22. The molecule has 0 N–H and O–H groups in total. The van der Waals surface area contributed by atoms with E-state index in [1.807, 2.05) is 146 Å². The second-order valence-corrected chi connectivity index (χ2v) is 18.0. The minimum absolute atomic E-state index is 0.520. The second-order valence-electron chi connectivity index (χ2n) is 14.7. The molecule has 11 aromatic rings. The fourth-order valence-electron chi connectivity index (χ4n) is 8.09. The first-order valence-electron chi connectivity index (χ1n) is 19.9. The summed E-state index contributed by atoms with van der Waals surface area (Å²) in [5, 5.41) is 5.42. The molecule has 0 unspecified atom stereocenters. The minimum Gasteiger partial charge on any atom is -0.309 e. The van der Waals surface area contributed by atoms with Crippen molar-refractivity contribution in [2.45, 2.75) is 0 Å². The fraction of sp³-hybridized carbons (Fsp3) is 0. The van der Waals surface area contributed by atoms with Gasteiger partial charge in [0, 0.05) is 59.9 Å². The van der Waals surface area contributed by atoms with Gasteiger partial charge in [-0.2, -0.15) is 8.75 Å². The molecule has 288 valence electrons. The third kappa shape index (κ3) is 6.50. The number of aromatic nitrogens is 6. The maximum absolute atomic E-state index is 15.1. The van der Waals surface area contributed by atoms with E-state index in [1.165, 1.54) is 11.7 Å². The van der Waals surface area contributed by atoms with E-state index < -0.39 is 7.14 Å². The van der Waals surface area contributed by atoms with Crippen molar-refractivity contribution in [3.05, 3.63) is 200 Å². The lowest BCUT2D eigenvalue weighted by Crippen LogP contribution is -2.24. The van der Waals surface area contributed by atoms with Crippen LogP contribution in [0.25, 0.3) is 89.3 Å². The van der Waals surface area contributed by atoms with E-state index in [9.17, 15) is 0 Å². The lowest BCUT2D eigenvalue weighted by molar-refractivity contribution is 0.592. The highest BCUT2D eigenvalue weighted by atomic mass is 32.1. The predicted molar refractivity (Wildman–Crippen MR) is 250 cm³/mol. The predicted octanol–water partition coefficient (Wildman–Crippen LogP) is 11.6. The summed E-state index contributed by atoms with van der Waals surface area (Å²) in [6.07, 6.45) is 0. The quantitative estimate of drug-likeness (QED) is 0.111. The molecule has 0 radical (unpaired) electrons. The Hall–Kier alpha value is -7.51. The van der Waals surface area contributed by atoms with E-state index in [1.54, 1.807) is 0 Å². The molecule has 0 amide bonds. The van der Waals surface area contributed by atoms with Crippen molar-refractivity contribution in [3.8, 4) is 56.5 Å². The van der Waals surface area contributed by atoms with Crippen molar-refractivity contribution >= 4 is 67.5 Å². The van der Waals surface area contributed by atoms with Crippen molar-refractivity contribution in [1.82, 2.24) is 28.7 Å². The van der Waals surface area contributed by atoms with E-state index in [0.717, 1.165) is 87.7 Å². The van der Waals surface area contributed by atoms with Gasteiger partial charge in [0.15, 0.2) is 24.6 Å². The molecule has 0 spiro atoms. The number of nitrogens with zero attached hydrogens (tertiary/aromatic N) is 6. The van der Waals surface area contributed by atoms with Gasteiger partial charge in [0.05, 0.1) is 22.9 Å². The van der Waals surface area contributed by atoms with Crippen LogP contribution in [0.4, 0.5) is 0 Å². The summed E-state index contributed by atoms with van der Waals surface area (Å²) < 4.78 is 24.8. The average Bonchev–Trinajstić information content (AvgIpc) is 3.85. The molecule has 3 aromatic heterocycles. The van der Waals surface area contributed by atoms with Crippen LogP contribution in [0, 0.1) is 0 Å². The maximum Gasteiger partial charge on any atom is 0.171 e. The molecule has 0 fully saturated rings. The molecule has 11 rings (SSSR count). The van der Waals surface area contributed by atoms with Crippen LogP contribution < -0.4 is 15.9 Å². The first-order valence-corrected chi connectivity index (χ1v) is 22.3. The van der Waals surface area contributed by atoms with E-state index in [-0.39, 0.29) is 0 Å². The zero-order valence-electron chi connectivity index (χ0n) is 32.5. The van der Waals surface area contributed by atoms with Gasteiger partial charge in [-0.15, -0.1) is 0 Å². The number of rotatable bonds is 8. The number of para-hydroxylation sites is 1. The molecule has 0 atom stereocenters.